The second-order valence-electron chi connectivity index (χ2n) is 3.29. The van der Waals surface area contributed by atoms with Crippen LogP contribution >= 0.6 is 0 Å². The fraction of sp³-hybridized carbons (Fsp3) is 0. The molecule has 0 saturated heterocycles. The third kappa shape index (κ3) is 2.55. The summed E-state index contributed by atoms with van der Waals surface area (Å²) in [4.78, 5) is 6.09. The third-order valence-corrected chi connectivity index (χ3v) is 2.14. The lowest BCUT2D eigenvalue weighted by atomic mass is 10.3. The first kappa shape index (κ1) is 10.6. The summed E-state index contributed by atoms with van der Waals surface area (Å²) >= 11 is 0. The lowest BCUT2D eigenvalue weighted by Gasteiger charge is -2.02. The van der Waals surface area contributed by atoms with Crippen LogP contribution in [-0.4, -0.2) is 0 Å². The van der Waals surface area contributed by atoms with Gasteiger partial charge in [-0.3, -0.25) is 0 Å². The molecule has 0 fully saturated rings. The van der Waals surface area contributed by atoms with E-state index in [1.54, 1.807) is 48.5 Å². The number of diazo groups is 2. The van der Waals surface area contributed by atoms with Crippen molar-refractivity contribution in [1.29, 1.82) is 10.8 Å². The molecule has 0 atom stereocenters. The van der Waals surface area contributed by atoms with Gasteiger partial charge in [0.05, 0.1) is 0 Å². The molecular formula is C12H8N4O+2. The van der Waals surface area contributed by atoms with Crippen LogP contribution in [0.1, 0.15) is 0 Å². The molecule has 80 valence electrons. The predicted octanol–water partition coefficient (Wildman–Crippen LogP) is 4.45. The maximum atomic E-state index is 8.53. The number of ether oxygens (including phenoxy) is 1. The smallest absolute Gasteiger partial charge is 0.385 e. The highest BCUT2D eigenvalue weighted by Crippen LogP contribution is 2.25. The summed E-state index contributed by atoms with van der Waals surface area (Å²) in [6.07, 6.45) is 0. The molecule has 5 nitrogen and oxygen atoms in total. The fourth-order valence-electron chi connectivity index (χ4n) is 1.30. The molecule has 0 aromatic heterocycles. The van der Waals surface area contributed by atoms with Crippen LogP contribution in [0.3, 0.4) is 0 Å². The molecule has 0 saturated carbocycles. The largest absolute Gasteiger partial charge is 0.457 e. The third-order valence-electron chi connectivity index (χ3n) is 2.14. The molecule has 0 unspecified atom stereocenters. The molecule has 0 amide bonds. The van der Waals surface area contributed by atoms with Crippen LogP contribution in [0.15, 0.2) is 48.5 Å². The number of benzene rings is 2. The summed E-state index contributed by atoms with van der Waals surface area (Å²) in [6, 6.07) is 13.3. The molecule has 0 spiro atoms. The Kier molecular flexibility index (Phi) is 2.95. The highest BCUT2D eigenvalue weighted by Gasteiger charge is 2.06. The molecule has 5 heteroatoms. The van der Waals surface area contributed by atoms with Gasteiger partial charge in [-0.15, -0.1) is 0 Å². The van der Waals surface area contributed by atoms with Crippen molar-refractivity contribution in [1.82, 2.24) is 0 Å². The molecule has 0 heterocycles. The van der Waals surface area contributed by atoms with Gasteiger partial charge in [-0.1, -0.05) is 0 Å². The van der Waals surface area contributed by atoms with E-state index in [9.17, 15) is 0 Å². The van der Waals surface area contributed by atoms with Crippen LogP contribution in [-0.2, 0) is 0 Å². The van der Waals surface area contributed by atoms with Crippen molar-refractivity contribution in [3.05, 3.63) is 58.5 Å². The Bertz CT molecular complexity index is 535. The van der Waals surface area contributed by atoms with Gasteiger partial charge in [-0.05, 0) is 24.3 Å². The number of rotatable bonds is 2. The van der Waals surface area contributed by atoms with Crippen LogP contribution in [0.2, 0.25) is 0 Å². The first-order valence-corrected chi connectivity index (χ1v) is 4.90. The Morgan fingerprint density at radius 2 is 1.00 bits per heavy atom. The molecule has 0 aliphatic rings. The SMILES string of the molecule is N#[N+]c1ccc(Oc2ccc([N+]#N)cc2)cc1. The Morgan fingerprint density at radius 1 is 0.647 bits per heavy atom. The molecule has 2 rings (SSSR count). The van der Waals surface area contributed by atoms with E-state index in [0.717, 1.165) is 0 Å². The van der Waals surface area contributed by atoms with Crippen LogP contribution in [0.5, 0.6) is 11.5 Å². The van der Waals surface area contributed by atoms with Gasteiger partial charge in [0.15, 0.2) is 9.95 Å². The summed E-state index contributed by atoms with van der Waals surface area (Å²) in [7, 11) is 0. The summed E-state index contributed by atoms with van der Waals surface area (Å²) < 4.78 is 5.53. The number of hydrogen-bond acceptors (Lipinski definition) is 3. The highest BCUT2D eigenvalue weighted by molar-refractivity contribution is 5.49. The second kappa shape index (κ2) is 4.73. The molecule has 17 heavy (non-hydrogen) atoms. The van der Waals surface area contributed by atoms with Gasteiger partial charge in [-0.25, -0.2) is 0 Å². The lowest BCUT2D eigenvalue weighted by molar-refractivity contribution is 0.483. The molecular weight excluding hydrogens is 216 g/mol. The Hall–Kier alpha value is -2.92. The molecule has 0 aliphatic carbocycles. The standard InChI is InChI=1S/C12H8N4O/c13-15-9-1-5-11(6-2-9)17-12-7-3-10(16-14)4-8-12/h1-8H/q+2. The van der Waals surface area contributed by atoms with Crippen molar-refractivity contribution in [3.63, 3.8) is 0 Å². The summed E-state index contributed by atoms with van der Waals surface area (Å²) in [5, 5.41) is 17.1. The maximum absolute atomic E-state index is 8.53. The minimum atomic E-state index is 0.465. The van der Waals surface area contributed by atoms with Crippen molar-refractivity contribution >= 4 is 11.4 Å². The van der Waals surface area contributed by atoms with Gasteiger partial charge >= 0.3 is 11.4 Å². The van der Waals surface area contributed by atoms with E-state index in [-0.39, 0.29) is 0 Å². The minimum absolute atomic E-state index is 0.465. The van der Waals surface area contributed by atoms with E-state index in [2.05, 4.69) is 9.95 Å². The highest BCUT2D eigenvalue weighted by atomic mass is 16.5. The summed E-state index contributed by atoms with van der Waals surface area (Å²) in [6.45, 7) is 0. The van der Waals surface area contributed by atoms with Crippen molar-refractivity contribution in [3.8, 4) is 11.5 Å². The van der Waals surface area contributed by atoms with Gasteiger partial charge < -0.3 is 4.74 Å². The zero-order valence-electron chi connectivity index (χ0n) is 8.82. The molecule has 2 aromatic rings. The van der Waals surface area contributed by atoms with Gasteiger partial charge in [-0.2, -0.15) is 0 Å². The van der Waals surface area contributed by atoms with Gasteiger partial charge in [0, 0.05) is 24.3 Å². The predicted molar refractivity (Wildman–Crippen MR) is 62.4 cm³/mol. The molecule has 0 radical (unpaired) electrons. The van der Waals surface area contributed by atoms with E-state index in [0.29, 0.717) is 22.9 Å². The van der Waals surface area contributed by atoms with Gasteiger partial charge in [0.1, 0.15) is 11.5 Å². The van der Waals surface area contributed by atoms with Gasteiger partial charge in [0.2, 0.25) is 10.8 Å². The van der Waals surface area contributed by atoms with E-state index in [1.807, 2.05) is 0 Å². The monoisotopic (exact) mass is 224 g/mol. The van der Waals surface area contributed by atoms with Crippen molar-refractivity contribution in [2.45, 2.75) is 0 Å². The Balaban J connectivity index is 2.14. The van der Waals surface area contributed by atoms with Crippen LogP contribution in [0.25, 0.3) is 9.95 Å². The van der Waals surface area contributed by atoms with E-state index < -0.39 is 0 Å². The van der Waals surface area contributed by atoms with E-state index >= 15 is 0 Å². The summed E-state index contributed by atoms with van der Waals surface area (Å²) in [5.41, 5.74) is 0.929. The summed E-state index contributed by atoms with van der Waals surface area (Å²) in [5.74, 6) is 1.26. The molecule has 0 bridgehead atoms. The van der Waals surface area contributed by atoms with Crippen molar-refractivity contribution in [2.24, 2.45) is 0 Å². The first-order chi connectivity index (χ1) is 8.31. The number of hydrogen-bond donors (Lipinski definition) is 0. The van der Waals surface area contributed by atoms with Gasteiger partial charge in [0.25, 0.3) is 0 Å². The Labute approximate surface area is 97.5 Å². The maximum Gasteiger partial charge on any atom is 0.385 e. The quantitative estimate of drug-likeness (QED) is 0.708. The normalized spacial score (nSPS) is 9.06. The van der Waals surface area contributed by atoms with Crippen molar-refractivity contribution < 1.29 is 4.74 Å². The molecule has 0 N–H and O–H groups in total. The zero-order valence-corrected chi connectivity index (χ0v) is 8.82. The van der Waals surface area contributed by atoms with Crippen LogP contribution in [0.4, 0.5) is 11.4 Å². The fourth-order valence-corrected chi connectivity index (χ4v) is 1.30. The van der Waals surface area contributed by atoms with Crippen LogP contribution in [0, 0.1) is 10.8 Å². The Morgan fingerprint density at radius 3 is 1.29 bits per heavy atom. The average molecular weight is 224 g/mol. The van der Waals surface area contributed by atoms with E-state index in [4.69, 9.17) is 15.5 Å². The second-order valence-corrected chi connectivity index (χ2v) is 3.29. The topological polar surface area (TPSA) is 65.5 Å². The van der Waals surface area contributed by atoms with Crippen LogP contribution < -0.4 is 4.74 Å². The lowest BCUT2D eigenvalue weighted by Crippen LogP contribution is -1.82. The molecule has 0 aliphatic heterocycles. The minimum Gasteiger partial charge on any atom is -0.457 e. The van der Waals surface area contributed by atoms with E-state index in [1.165, 1.54) is 0 Å². The number of nitrogens with zero attached hydrogens (tertiary/aromatic N) is 4. The average Bonchev–Trinajstić information content (AvgIpc) is 2.40. The molecule has 2 aromatic carbocycles. The first-order valence-electron chi connectivity index (χ1n) is 4.90. The zero-order chi connectivity index (χ0) is 12.1. The van der Waals surface area contributed by atoms with Crippen molar-refractivity contribution in [2.75, 3.05) is 0 Å².